The first-order chi connectivity index (χ1) is 17.8. The minimum atomic E-state index is -1.63. The average Bonchev–Trinajstić information content (AvgIpc) is 3.60. The van der Waals surface area contributed by atoms with Gasteiger partial charge in [0.1, 0.15) is 48.0 Å². The summed E-state index contributed by atoms with van der Waals surface area (Å²) in [4.78, 5) is 12.6. The van der Waals surface area contributed by atoms with Crippen molar-refractivity contribution in [2.75, 3.05) is 20.3 Å². The number of esters is 1. The lowest BCUT2D eigenvalue weighted by Crippen LogP contribution is -2.60. The first-order valence-electron chi connectivity index (χ1n) is 11.9. The van der Waals surface area contributed by atoms with Crippen LogP contribution in [0.4, 0.5) is 0 Å². The molecule has 5 N–H and O–H groups in total. The van der Waals surface area contributed by atoms with Gasteiger partial charge in [-0.2, -0.15) is 0 Å². The summed E-state index contributed by atoms with van der Waals surface area (Å²) >= 11 is 0. The summed E-state index contributed by atoms with van der Waals surface area (Å²) in [5, 5.41) is 50.1. The van der Waals surface area contributed by atoms with Crippen LogP contribution in [-0.2, 0) is 28.5 Å². The van der Waals surface area contributed by atoms with Gasteiger partial charge >= 0.3 is 5.97 Å². The monoisotopic (exact) mass is 522 g/mol. The van der Waals surface area contributed by atoms with Crippen molar-refractivity contribution in [3.05, 3.63) is 48.2 Å². The summed E-state index contributed by atoms with van der Waals surface area (Å²) in [7, 11) is 1.56. The summed E-state index contributed by atoms with van der Waals surface area (Å²) in [6.45, 7) is -1.02. The first kappa shape index (κ1) is 26.1. The van der Waals surface area contributed by atoms with Crippen molar-refractivity contribution >= 4 is 12.0 Å². The van der Waals surface area contributed by atoms with Crippen LogP contribution in [0.25, 0.3) is 6.08 Å². The van der Waals surface area contributed by atoms with Crippen LogP contribution in [0.15, 0.2) is 42.7 Å². The SMILES string of the molecule is COc1ccc(/C=C/C(=O)O[C@H]2[C@@H]3C=CO[C@H](O[C@@H]4O[C@H](CO)[C@@H](O)[C@H](O)[C@H]4O)[C@H]3[C@]3(CO)O[C@H]23)cc1. The van der Waals surface area contributed by atoms with E-state index in [4.69, 9.17) is 28.4 Å². The van der Waals surface area contributed by atoms with Crippen LogP contribution in [0.1, 0.15) is 5.56 Å². The predicted molar refractivity (Wildman–Crippen MR) is 122 cm³/mol. The molecule has 0 bridgehead atoms. The molecule has 3 fully saturated rings. The topological polar surface area (TPSA) is 177 Å². The maximum atomic E-state index is 12.6. The second kappa shape index (κ2) is 10.3. The Hall–Kier alpha value is -2.55. The van der Waals surface area contributed by atoms with Crippen molar-refractivity contribution in [2.45, 2.75) is 54.8 Å². The van der Waals surface area contributed by atoms with E-state index >= 15 is 0 Å². The molecule has 11 atom stereocenters. The molecular weight excluding hydrogens is 492 g/mol. The highest BCUT2D eigenvalue weighted by Crippen LogP contribution is 2.60. The van der Waals surface area contributed by atoms with Crippen LogP contribution in [-0.4, -0.2) is 107 Å². The van der Waals surface area contributed by atoms with Crippen LogP contribution in [0.3, 0.4) is 0 Å². The van der Waals surface area contributed by atoms with Crippen molar-refractivity contribution in [1.82, 2.24) is 0 Å². The number of aliphatic hydroxyl groups is 5. The average molecular weight is 523 g/mol. The molecule has 5 rings (SSSR count). The smallest absolute Gasteiger partial charge is 0.331 e. The second-order valence-corrected chi connectivity index (χ2v) is 9.43. The van der Waals surface area contributed by atoms with Crippen molar-refractivity contribution < 1.29 is 58.7 Å². The minimum Gasteiger partial charge on any atom is -0.497 e. The molecule has 4 aliphatic rings. The van der Waals surface area contributed by atoms with Gasteiger partial charge in [0, 0.05) is 12.0 Å². The Balaban J connectivity index is 1.28. The van der Waals surface area contributed by atoms with Crippen molar-refractivity contribution in [1.29, 1.82) is 0 Å². The number of rotatable bonds is 8. The largest absolute Gasteiger partial charge is 0.497 e. The Bertz CT molecular complexity index is 1030. The number of benzene rings is 1. The van der Waals surface area contributed by atoms with Gasteiger partial charge in [-0.1, -0.05) is 12.1 Å². The zero-order valence-electron chi connectivity index (χ0n) is 19.9. The van der Waals surface area contributed by atoms with Gasteiger partial charge in [0.15, 0.2) is 6.29 Å². The molecule has 1 saturated carbocycles. The molecular formula is C25H30O12. The number of hydrogen-bond acceptors (Lipinski definition) is 12. The lowest BCUT2D eigenvalue weighted by atomic mass is 9.85. The maximum Gasteiger partial charge on any atom is 0.331 e. The number of methoxy groups -OCH3 is 1. The minimum absolute atomic E-state index is 0.402. The molecule has 3 heterocycles. The number of aliphatic hydroxyl groups excluding tert-OH is 5. The first-order valence-corrected chi connectivity index (χ1v) is 11.9. The molecule has 0 amide bonds. The Labute approximate surface area is 212 Å². The number of carbonyl (C=O) groups is 1. The number of ether oxygens (including phenoxy) is 6. The Morgan fingerprint density at radius 3 is 2.51 bits per heavy atom. The fraction of sp³-hybridized carbons (Fsp3) is 0.560. The zero-order chi connectivity index (χ0) is 26.3. The maximum absolute atomic E-state index is 12.6. The summed E-state index contributed by atoms with van der Waals surface area (Å²) in [6, 6.07) is 7.11. The van der Waals surface area contributed by atoms with Gasteiger partial charge in [0.2, 0.25) is 6.29 Å². The van der Waals surface area contributed by atoms with E-state index < -0.39 is 85.8 Å². The van der Waals surface area contributed by atoms with E-state index in [1.165, 1.54) is 12.3 Å². The van der Waals surface area contributed by atoms with Crippen LogP contribution < -0.4 is 4.74 Å². The van der Waals surface area contributed by atoms with Gasteiger partial charge in [0.05, 0.1) is 32.5 Å². The number of epoxide rings is 1. The van der Waals surface area contributed by atoms with E-state index in [0.29, 0.717) is 5.75 Å². The van der Waals surface area contributed by atoms with Crippen LogP contribution >= 0.6 is 0 Å². The van der Waals surface area contributed by atoms with Gasteiger partial charge in [-0.15, -0.1) is 0 Å². The van der Waals surface area contributed by atoms with E-state index in [1.54, 1.807) is 43.5 Å². The normalized spacial score (nSPS) is 42.1. The van der Waals surface area contributed by atoms with Gasteiger partial charge in [-0.3, -0.25) is 0 Å². The van der Waals surface area contributed by atoms with Crippen LogP contribution in [0.2, 0.25) is 0 Å². The molecule has 1 aromatic carbocycles. The summed E-state index contributed by atoms with van der Waals surface area (Å²) in [5.41, 5.74) is -0.341. The summed E-state index contributed by atoms with van der Waals surface area (Å²) < 4.78 is 33.5. The van der Waals surface area contributed by atoms with E-state index in [2.05, 4.69) is 0 Å². The van der Waals surface area contributed by atoms with E-state index in [9.17, 15) is 30.3 Å². The molecule has 0 unspecified atom stereocenters. The predicted octanol–water partition coefficient (Wildman–Crippen LogP) is -1.32. The highest BCUT2D eigenvalue weighted by atomic mass is 16.8. The molecule has 2 saturated heterocycles. The Morgan fingerprint density at radius 1 is 1.08 bits per heavy atom. The summed E-state index contributed by atoms with van der Waals surface area (Å²) in [5.74, 6) is -1.01. The number of hydrogen-bond donors (Lipinski definition) is 5. The second-order valence-electron chi connectivity index (χ2n) is 9.43. The third kappa shape index (κ3) is 4.64. The van der Waals surface area contributed by atoms with E-state index in [0.717, 1.165) is 5.56 Å². The third-order valence-corrected chi connectivity index (χ3v) is 7.38. The van der Waals surface area contributed by atoms with E-state index in [1.807, 2.05) is 0 Å². The Morgan fingerprint density at radius 2 is 1.84 bits per heavy atom. The van der Waals surface area contributed by atoms with Crippen molar-refractivity contribution in [3.8, 4) is 5.75 Å². The fourth-order valence-corrected chi connectivity index (χ4v) is 5.34. The molecule has 37 heavy (non-hydrogen) atoms. The number of carbonyl (C=O) groups excluding carboxylic acids is 1. The van der Waals surface area contributed by atoms with Gasteiger partial charge in [-0.25, -0.2) is 4.79 Å². The highest BCUT2D eigenvalue weighted by Gasteiger charge is 2.77. The quantitative estimate of drug-likeness (QED) is 0.155. The van der Waals surface area contributed by atoms with Crippen LogP contribution in [0.5, 0.6) is 5.75 Å². The van der Waals surface area contributed by atoms with Gasteiger partial charge in [-0.05, 0) is 29.8 Å². The molecule has 0 aromatic heterocycles. The zero-order valence-corrected chi connectivity index (χ0v) is 19.9. The highest BCUT2D eigenvalue weighted by molar-refractivity contribution is 5.87. The van der Waals surface area contributed by atoms with Crippen molar-refractivity contribution in [2.24, 2.45) is 11.8 Å². The molecule has 0 spiro atoms. The number of fused-ring (bicyclic) bond motifs is 3. The molecule has 12 heteroatoms. The third-order valence-electron chi connectivity index (χ3n) is 7.38. The molecule has 3 aliphatic heterocycles. The molecule has 0 radical (unpaired) electrons. The molecule has 12 nitrogen and oxygen atoms in total. The Kier molecular flexibility index (Phi) is 7.27. The summed E-state index contributed by atoms with van der Waals surface area (Å²) in [6.07, 6.45) is -3.94. The molecule has 1 aliphatic carbocycles. The van der Waals surface area contributed by atoms with E-state index in [-0.39, 0.29) is 0 Å². The van der Waals surface area contributed by atoms with Gasteiger partial charge in [0.25, 0.3) is 0 Å². The molecule has 202 valence electrons. The molecule has 1 aromatic rings. The fourth-order valence-electron chi connectivity index (χ4n) is 5.34. The van der Waals surface area contributed by atoms with Crippen LogP contribution in [0, 0.1) is 11.8 Å². The van der Waals surface area contributed by atoms with Crippen molar-refractivity contribution in [3.63, 3.8) is 0 Å². The standard InChI is InChI=1S/C25H30O12/c1-32-13-5-2-12(3-6-13)4-7-16(28)35-21-14-8-9-33-23(17(14)25(11-27)22(21)37-25)36-24-20(31)19(30)18(29)15(10-26)34-24/h2-9,14-15,17-24,26-27,29-31H,10-11H2,1H3/b7-4+/t14-,15-,17+,18-,19+,20-,21+,22-,23-,24+,25+/m1/s1. The lowest BCUT2D eigenvalue weighted by molar-refractivity contribution is -0.344. The lowest BCUT2D eigenvalue weighted by Gasteiger charge is -2.43. The van der Waals surface area contributed by atoms with Gasteiger partial charge < -0.3 is 54.0 Å².